The van der Waals surface area contributed by atoms with Crippen molar-refractivity contribution in [1.82, 2.24) is 10.2 Å². The number of nitrogens with zero attached hydrogens (tertiary/aromatic N) is 1. The predicted molar refractivity (Wildman–Crippen MR) is 44.5 cm³/mol. The van der Waals surface area contributed by atoms with Crippen LogP contribution in [0.25, 0.3) is 0 Å². The second-order valence-corrected chi connectivity index (χ2v) is 3.34. The summed E-state index contributed by atoms with van der Waals surface area (Å²) in [5, 5.41) is 3.14. The van der Waals surface area contributed by atoms with Crippen molar-refractivity contribution in [2.45, 2.75) is 25.6 Å². The Balaban J connectivity index is 2.17. The molecular weight excluding hydrogens is 143 g/mol. The standard InChI is InChI=1S/C8H17FN2/c1-7(10-2)5-11-4-3-8(9)6-11/h7-8,10H,3-6H2,1-2H3. The lowest BCUT2D eigenvalue weighted by atomic mass is 10.3. The van der Waals surface area contributed by atoms with Gasteiger partial charge in [0.2, 0.25) is 0 Å². The molecule has 1 aliphatic heterocycles. The van der Waals surface area contributed by atoms with E-state index in [9.17, 15) is 4.39 Å². The molecule has 1 fully saturated rings. The van der Waals surface area contributed by atoms with E-state index in [2.05, 4.69) is 17.1 Å². The van der Waals surface area contributed by atoms with E-state index in [1.165, 1.54) is 0 Å². The van der Waals surface area contributed by atoms with Crippen LogP contribution in [0.4, 0.5) is 4.39 Å². The maximum atomic E-state index is 12.7. The van der Waals surface area contributed by atoms with Crippen molar-refractivity contribution in [3.05, 3.63) is 0 Å². The van der Waals surface area contributed by atoms with Crippen LogP contribution in [-0.2, 0) is 0 Å². The lowest BCUT2D eigenvalue weighted by Crippen LogP contribution is -2.36. The van der Waals surface area contributed by atoms with Crippen molar-refractivity contribution in [1.29, 1.82) is 0 Å². The van der Waals surface area contributed by atoms with E-state index >= 15 is 0 Å². The minimum absolute atomic E-state index is 0.472. The quantitative estimate of drug-likeness (QED) is 0.651. The first kappa shape index (κ1) is 8.94. The Kier molecular flexibility index (Phi) is 3.27. The van der Waals surface area contributed by atoms with Crippen LogP contribution in [0.2, 0.25) is 0 Å². The van der Waals surface area contributed by atoms with Crippen LogP contribution in [0.1, 0.15) is 13.3 Å². The van der Waals surface area contributed by atoms with Crippen molar-refractivity contribution in [3.8, 4) is 0 Å². The van der Waals surface area contributed by atoms with Gasteiger partial charge in [-0.05, 0) is 20.4 Å². The van der Waals surface area contributed by atoms with Crippen LogP contribution in [0.3, 0.4) is 0 Å². The smallest absolute Gasteiger partial charge is 0.114 e. The highest BCUT2D eigenvalue weighted by Gasteiger charge is 2.22. The molecule has 11 heavy (non-hydrogen) atoms. The van der Waals surface area contributed by atoms with Gasteiger partial charge in [0.05, 0.1) is 0 Å². The molecule has 2 unspecified atom stereocenters. The third-order valence-corrected chi connectivity index (χ3v) is 2.24. The summed E-state index contributed by atoms with van der Waals surface area (Å²) in [5.74, 6) is 0. The fourth-order valence-electron chi connectivity index (χ4n) is 1.43. The van der Waals surface area contributed by atoms with Crippen LogP contribution in [0.15, 0.2) is 0 Å². The first-order chi connectivity index (χ1) is 5.22. The molecule has 2 atom stereocenters. The molecule has 0 saturated carbocycles. The molecule has 1 saturated heterocycles. The van der Waals surface area contributed by atoms with Gasteiger partial charge in [-0.2, -0.15) is 0 Å². The minimum atomic E-state index is -0.584. The average molecular weight is 160 g/mol. The Labute approximate surface area is 67.8 Å². The molecule has 1 N–H and O–H groups in total. The molecule has 3 heteroatoms. The number of nitrogens with one attached hydrogen (secondary N) is 1. The monoisotopic (exact) mass is 160 g/mol. The summed E-state index contributed by atoms with van der Waals surface area (Å²) in [6, 6.07) is 0.472. The summed E-state index contributed by atoms with van der Waals surface area (Å²) in [4.78, 5) is 2.17. The maximum absolute atomic E-state index is 12.7. The largest absolute Gasteiger partial charge is 0.316 e. The Hall–Kier alpha value is -0.150. The maximum Gasteiger partial charge on any atom is 0.114 e. The topological polar surface area (TPSA) is 15.3 Å². The molecule has 0 aromatic rings. The second-order valence-electron chi connectivity index (χ2n) is 3.34. The fourth-order valence-corrected chi connectivity index (χ4v) is 1.43. The molecule has 1 aliphatic rings. The van der Waals surface area contributed by atoms with Gasteiger partial charge in [-0.25, -0.2) is 4.39 Å². The molecule has 66 valence electrons. The van der Waals surface area contributed by atoms with E-state index < -0.39 is 6.17 Å². The highest BCUT2D eigenvalue weighted by Crippen LogP contribution is 2.11. The zero-order chi connectivity index (χ0) is 8.27. The molecule has 0 aliphatic carbocycles. The first-order valence-corrected chi connectivity index (χ1v) is 4.26. The van der Waals surface area contributed by atoms with Crippen LogP contribution in [-0.4, -0.2) is 43.8 Å². The molecule has 0 radical (unpaired) electrons. The SMILES string of the molecule is CNC(C)CN1CCC(F)C1. The number of rotatable bonds is 3. The van der Waals surface area contributed by atoms with E-state index in [0.29, 0.717) is 12.6 Å². The summed E-state index contributed by atoms with van der Waals surface area (Å²) >= 11 is 0. The summed E-state index contributed by atoms with van der Waals surface area (Å²) < 4.78 is 12.7. The second kappa shape index (κ2) is 4.02. The van der Waals surface area contributed by atoms with Crippen LogP contribution in [0.5, 0.6) is 0 Å². The van der Waals surface area contributed by atoms with Gasteiger partial charge in [0, 0.05) is 25.7 Å². The van der Waals surface area contributed by atoms with Crippen molar-refractivity contribution in [3.63, 3.8) is 0 Å². The predicted octanol–water partition coefficient (Wildman–Crippen LogP) is 0.638. The Bertz CT molecular complexity index is 119. The number of likely N-dealkylation sites (tertiary alicyclic amines) is 1. The lowest BCUT2D eigenvalue weighted by molar-refractivity contribution is 0.270. The van der Waals surface area contributed by atoms with Gasteiger partial charge in [0.1, 0.15) is 6.17 Å². The van der Waals surface area contributed by atoms with Gasteiger partial charge >= 0.3 is 0 Å². The molecule has 0 bridgehead atoms. The molecule has 1 rings (SSSR count). The zero-order valence-corrected chi connectivity index (χ0v) is 7.31. The summed E-state index contributed by atoms with van der Waals surface area (Å²) in [6.45, 7) is 4.64. The first-order valence-electron chi connectivity index (χ1n) is 4.26. The summed E-state index contributed by atoms with van der Waals surface area (Å²) in [5.41, 5.74) is 0. The lowest BCUT2D eigenvalue weighted by Gasteiger charge is -2.19. The summed E-state index contributed by atoms with van der Waals surface area (Å²) in [6.07, 6.45) is 0.134. The van der Waals surface area contributed by atoms with Gasteiger partial charge in [0.15, 0.2) is 0 Å². The van der Waals surface area contributed by atoms with Gasteiger partial charge in [-0.3, -0.25) is 4.90 Å². The third kappa shape index (κ3) is 2.75. The van der Waals surface area contributed by atoms with Crippen LogP contribution in [0, 0.1) is 0 Å². The Morgan fingerprint density at radius 1 is 1.73 bits per heavy atom. The molecule has 0 spiro atoms. The van der Waals surface area contributed by atoms with Gasteiger partial charge in [-0.1, -0.05) is 0 Å². The van der Waals surface area contributed by atoms with E-state index in [-0.39, 0.29) is 0 Å². The molecular formula is C8H17FN2. The minimum Gasteiger partial charge on any atom is -0.316 e. The van der Waals surface area contributed by atoms with E-state index in [4.69, 9.17) is 0 Å². The third-order valence-electron chi connectivity index (χ3n) is 2.24. The Morgan fingerprint density at radius 3 is 2.91 bits per heavy atom. The molecule has 1 heterocycles. The van der Waals surface area contributed by atoms with Crippen molar-refractivity contribution >= 4 is 0 Å². The van der Waals surface area contributed by atoms with E-state index in [1.54, 1.807) is 0 Å². The van der Waals surface area contributed by atoms with Crippen LogP contribution < -0.4 is 5.32 Å². The molecule has 0 aromatic heterocycles. The van der Waals surface area contributed by atoms with E-state index in [0.717, 1.165) is 19.5 Å². The number of halogens is 1. The van der Waals surface area contributed by atoms with Crippen molar-refractivity contribution < 1.29 is 4.39 Å². The molecule has 0 amide bonds. The van der Waals surface area contributed by atoms with E-state index in [1.807, 2.05) is 7.05 Å². The summed E-state index contributed by atoms with van der Waals surface area (Å²) in [7, 11) is 1.94. The van der Waals surface area contributed by atoms with Gasteiger partial charge in [0.25, 0.3) is 0 Å². The van der Waals surface area contributed by atoms with Gasteiger partial charge < -0.3 is 5.32 Å². The zero-order valence-electron chi connectivity index (χ0n) is 7.31. The number of likely N-dealkylation sites (N-methyl/N-ethyl adjacent to an activating group) is 1. The van der Waals surface area contributed by atoms with Crippen molar-refractivity contribution in [2.24, 2.45) is 0 Å². The molecule has 0 aromatic carbocycles. The Morgan fingerprint density at radius 2 is 2.45 bits per heavy atom. The number of hydrogen-bond donors (Lipinski definition) is 1. The van der Waals surface area contributed by atoms with Crippen LogP contribution >= 0.6 is 0 Å². The average Bonchev–Trinajstić information content (AvgIpc) is 2.35. The highest BCUT2D eigenvalue weighted by atomic mass is 19.1. The number of hydrogen-bond acceptors (Lipinski definition) is 2. The molecule has 2 nitrogen and oxygen atoms in total. The highest BCUT2D eigenvalue weighted by molar-refractivity contribution is 4.77. The number of alkyl halides is 1. The van der Waals surface area contributed by atoms with Crippen molar-refractivity contribution in [2.75, 3.05) is 26.7 Å². The fraction of sp³-hybridized carbons (Fsp3) is 1.00. The van der Waals surface area contributed by atoms with Gasteiger partial charge in [-0.15, -0.1) is 0 Å². The normalized spacial score (nSPS) is 29.2.